The molecule has 1 saturated carbocycles. The molecule has 5 aromatic rings. The summed E-state index contributed by atoms with van der Waals surface area (Å²) in [6.45, 7) is 2.17. The zero-order chi connectivity index (χ0) is 22.5. The average Bonchev–Trinajstić information content (AvgIpc) is 3.23. The molecule has 1 N–H and O–H groups in total. The van der Waals surface area contributed by atoms with Crippen LogP contribution in [-0.4, -0.2) is 39.7 Å². The Labute approximate surface area is 187 Å². The zero-order valence-corrected chi connectivity index (χ0v) is 17.9. The van der Waals surface area contributed by atoms with Crippen LogP contribution in [0.5, 0.6) is 0 Å². The van der Waals surface area contributed by atoms with Crippen LogP contribution in [0.25, 0.3) is 11.2 Å². The van der Waals surface area contributed by atoms with Gasteiger partial charge in [0.05, 0.1) is 37.0 Å². The number of aromatic nitrogens is 7. The van der Waals surface area contributed by atoms with Crippen molar-refractivity contribution in [2.24, 2.45) is 0 Å². The molecule has 6 rings (SSSR count). The predicted octanol–water partition coefficient (Wildman–Crippen LogP) is 2.88. The molecule has 0 radical (unpaired) electrons. The lowest BCUT2D eigenvalue weighted by Crippen LogP contribution is -2.23. The number of nitrogens with one attached hydrogen (secondary N) is 1. The highest BCUT2D eigenvalue weighted by Crippen LogP contribution is 2.39. The molecule has 0 aromatic carbocycles. The maximum absolute atomic E-state index is 14.5. The van der Waals surface area contributed by atoms with Gasteiger partial charge < -0.3 is 14.1 Å². The molecule has 1 amide bonds. The van der Waals surface area contributed by atoms with Gasteiger partial charge in [0.1, 0.15) is 11.2 Å². The van der Waals surface area contributed by atoms with Gasteiger partial charge in [-0.25, -0.2) is 19.0 Å². The molecule has 0 unspecified atom stereocenters. The lowest BCUT2D eigenvalue weighted by atomic mass is 10.2. The standard InChI is InChI=1S/C23H21FN8O/c1-14-6-7-30-13-26-18(22(30)21(14)24)8-25-23(33)19-12-32(29-28-19)11-17-10-31-9-16(15-2-3-15)4-5-20(31)27-17/h4-7,9-10,12-13,15H,2-3,8,11H2,1H3,(H,25,33). The number of hydrogen-bond donors (Lipinski definition) is 1. The molecule has 0 bridgehead atoms. The highest BCUT2D eigenvalue weighted by atomic mass is 19.1. The molecule has 9 nitrogen and oxygen atoms in total. The van der Waals surface area contributed by atoms with E-state index in [9.17, 15) is 9.18 Å². The summed E-state index contributed by atoms with van der Waals surface area (Å²) >= 11 is 0. The van der Waals surface area contributed by atoms with Crippen LogP contribution in [0.1, 0.15) is 51.8 Å². The maximum atomic E-state index is 14.5. The predicted molar refractivity (Wildman–Crippen MR) is 117 cm³/mol. The molecule has 1 fully saturated rings. The fraction of sp³-hybridized carbons (Fsp3) is 0.261. The molecule has 0 aliphatic heterocycles. The van der Waals surface area contributed by atoms with Crippen molar-refractivity contribution >= 4 is 17.1 Å². The summed E-state index contributed by atoms with van der Waals surface area (Å²) in [5.41, 5.74) is 4.55. The Morgan fingerprint density at radius 2 is 2.06 bits per heavy atom. The third-order valence-corrected chi connectivity index (χ3v) is 5.99. The number of rotatable bonds is 6. The second kappa shape index (κ2) is 7.51. The van der Waals surface area contributed by atoms with Crippen LogP contribution < -0.4 is 5.32 Å². The Kier molecular flexibility index (Phi) is 4.46. The first-order valence-corrected chi connectivity index (χ1v) is 10.8. The third kappa shape index (κ3) is 3.63. The smallest absolute Gasteiger partial charge is 0.273 e. The first-order chi connectivity index (χ1) is 16.0. The van der Waals surface area contributed by atoms with Crippen molar-refractivity contribution in [3.63, 3.8) is 0 Å². The van der Waals surface area contributed by atoms with Crippen molar-refractivity contribution in [2.75, 3.05) is 0 Å². The van der Waals surface area contributed by atoms with Crippen LogP contribution in [0, 0.1) is 12.7 Å². The highest BCUT2D eigenvalue weighted by molar-refractivity contribution is 5.91. The van der Waals surface area contributed by atoms with Gasteiger partial charge in [-0.05, 0) is 48.9 Å². The van der Waals surface area contributed by atoms with Gasteiger partial charge in [-0.3, -0.25) is 4.79 Å². The molecule has 1 aliphatic carbocycles. The van der Waals surface area contributed by atoms with Gasteiger partial charge >= 0.3 is 0 Å². The van der Waals surface area contributed by atoms with Gasteiger partial charge in [0, 0.05) is 18.6 Å². The summed E-state index contributed by atoms with van der Waals surface area (Å²) in [4.78, 5) is 21.4. The monoisotopic (exact) mass is 444 g/mol. The Hall–Kier alpha value is -4.08. The fourth-order valence-electron chi connectivity index (χ4n) is 4.03. The molecule has 33 heavy (non-hydrogen) atoms. The van der Waals surface area contributed by atoms with E-state index in [1.807, 2.05) is 16.7 Å². The molecule has 166 valence electrons. The van der Waals surface area contributed by atoms with E-state index in [1.165, 1.54) is 24.7 Å². The minimum absolute atomic E-state index is 0.0817. The van der Waals surface area contributed by atoms with E-state index in [0.717, 1.165) is 11.3 Å². The molecular formula is C23H21FN8O. The van der Waals surface area contributed by atoms with Crippen LogP contribution in [0.15, 0.2) is 49.3 Å². The summed E-state index contributed by atoms with van der Waals surface area (Å²) in [7, 11) is 0. The number of halogens is 1. The number of aryl methyl sites for hydroxylation is 1. The van der Waals surface area contributed by atoms with E-state index < -0.39 is 5.91 Å². The third-order valence-electron chi connectivity index (χ3n) is 5.99. The largest absolute Gasteiger partial charge is 0.345 e. The van der Waals surface area contributed by atoms with E-state index in [-0.39, 0.29) is 18.1 Å². The number of carbonyl (C=O) groups excluding carboxylic acids is 1. The number of pyridine rings is 2. The van der Waals surface area contributed by atoms with E-state index >= 15 is 0 Å². The second-order valence-corrected chi connectivity index (χ2v) is 8.48. The minimum Gasteiger partial charge on any atom is -0.345 e. The summed E-state index contributed by atoms with van der Waals surface area (Å²) in [5, 5.41) is 10.8. The lowest BCUT2D eigenvalue weighted by Gasteiger charge is -2.04. The first kappa shape index (κ1) is 19.6. The molecule has 0 atom stereocenters. The summed E-state index contributed by atoms with van der Waals surface area (Å²) in [6.07, 6.45) is 11.5. The Morgan fingerprint density at radius 3 is 2.91 bits per heavy atom. The fourth-order valence-corrected chi connectivity index (χ4v) is 4.03. The number of nitrogens with zero attached hydrogens (tertiary/aromatic N) is 7. The highest BCUT2D eigenvalue weighted by Gasteiger charge is 2.23. The maximum Gasteiger partial charge on any atom is 0.273 e. The first-order valence-electron chi connectivity index (χ1n) is 10.8. The quantitative estimate of drug-likeness (QED) is 0.435. The molecule has 5 heterocycles. The van der Waals surface area contributed by atoms with E-state index in [0.29, 0.717) is 29.2 Å². The molecule has 0 saturated heterocycles. The topological polar surface area (TPSA) is 94.4 Å². The van der Waals surface area contributed by atoms with Gasteiger partial charge in [-0.2, -0.15) is 0 Å². The van der Waals surface area contributed by atoms with Crippen molar-refractivity contribution in [2.45, 2.75) is 38.8 Å². The van der Waals surface area contributed by atoms with Crippen LogP contribution in [0.2, 0.25) is 0 Å². The van der Waals surface area contributed by atoms with Gasteiger partial charge in [-0.15, -0.1) is 5.10 Å². The SMILES string of the molecule is Cc1ccn2cnc(CNC(=O)c3cn(Cc4cn5cc(C6CC6)ccc5n4)nn3)c2c1F. The Bertz CT molecular complexity index is 1510. The van der Waals surface area contributed by atoms with Crippen LogP contribution >= 0.6 is 0 Å². The number of amides is 1. The lowest BCUT2D eigenvalue weighted by molar-refractivity contribution is 0.0945. The van der Waals surface area contributed by atoms with Crippen LogP contribution in [0.3, 0.4) is 0 Å². The molecule has 5 aromatic heterocycles. The molecule has 1 aliphatic rings. The molecule has 0 spiro atoms. The van der Waals surface area contributed by atoms with Gasteiger partial charge in [0.15, 0.2) is 11.5 Å². The van der Waals surface area contributed by atoms with E-state index in [2.05, 4.69) is 37.9 Å². The van der Waals surface area contributed by atoms with Crippen molar-refractivity contribution in [3.8, 4) is 0 Å². The molecule has 10 heteroatoms. The summed E-state index contributed by atoms with van der Waals surface area (Å²) < 4.78 is 19.7. The van der Waals surface area contributed by atoms with E-state index in [1.54, 1.807) is 34.5 Å². The Balaban J connectivity index is 1.14. The summed E-state index contributed by atoms with van der Waals surface area (Å²) in [5.74, 6) is -0.0706. The van der Waals surface area contributed by atoms with Gasteiger partial charge in [0.2, 0.25) is 0 Å². The van der Waals surface area contributed by atoms with E-state index in [4.69, 9.17) is 0 Å². The van der Waals surface area contributed by atoms with Crippen LogP contribution in [-0.2, 0) is 13.1 Å². The minimum atomic E-state index is -0.403. The number of hydrogen-bond acceptors (Lipinski definition) is 5. The number of carbonyl (C=O) groups is 1. The van der Waals surface area contributed by atoms with Crippen LogP contribution in [0.4, 0.5) is 4.39 Å². The van der Waals surface area contributed by atoms with Crippen molar-refractivity contribution in [1.82, 2.24) is 39.1 Å². The summed E-state index contributed by atoms with van der Waals surface area (Å²) in [6, 6.07) is 5.85. The second-order valence-electron chi connectivity index (χ2n) is 8.48. The number of imidazole rings is 2. The normalized spacial score (nSPS) is 13.8. The van der Waals surface area contributed by atoms with Gasteiger partial charge in [-0.1, -0.05) is 11.3 Å². The molecular weight excluding hydrogens is 423 g/mol. The van der Waals surface area contributed by atoms with Gasteiger partial charge in [0.25, 0.3) is 5.91 Å². The van der Waals surface area contributed by atoms with Crippen molar-refractivity contribution in [1.29, 1.82) is 0 Å². The zero-order valence-electron chi connectivity index (χ0n) is 17.9. The van der Waals surface area contributed by atoms with Crippen molar-refractivity contribution in [3.05, 3.63) is 83.3 Å². The average molecular weight is 444 g/mol. The number of fused-ring (bicyclic) bond motifs is 2. The van der Waals surface area contributed by atoms with Crippen molar-refractivity contribution < 1.29 is 9.18 Å². The Morgan fingerprint density at radius 1 is 1.18 bits per heavy atom.